The highest BCUT2D eigenvalue weighted by Crippen LogP contribution is 2.53. The highest BCUT2D eigenvalue weighted by Gasteiger charge is 2.56. The van der Waals surface area contributed by atoms with E-state index in [0.717, 1.165) is 16.7 Å². The fourth-order valence-corrected chi connectivity index (χ4v) is 5.24. The largest absolute Gasteiger partial charge is 0.464 e. The Labute approximate surface area is 188 Å². The Kier molecular flexibility index (Phi) is 5.36. The number of fused-ring (bicyclic) bond motifs is 3. The molecule has 2 aliphatic rings. The van der Waals surface area contributed by atoms with Gasteiger partial charge in [-0.2, -0.15) is 0 Å². The highest BCUT2D eigenvalue weighted by molar-refractivity contribution is 6.00. The number of hydrogen-bond acceptors (Lipinski definition) is 4. The Morgan fingerprint density at radius 1 is 0.875 bits per heavy atom. The zero-order valence-electron chi connectivity index (χ0n) is 17.9. The molecule has 0 saturated carbocycles. The highest BCUT2D eigenvalue weighted by atomic mass is 16.5. The maximum Gasteiger partial charge on any atom is 0.329 e. The van der Waals surface area contributed by atoms with Crippen LogP contribution < -0.4 is 0 Å². The molecular weight excluding hydrogens is 398 g/mol. The molecule has 0 bridgehead atoms. The van der Waals surface area contributed by atoms with E-state index in [0.29, 0.717) is 12.2 Å². The molecular formula is C28H25NO3. The molecule has 32 heavy (non-hydrogen) atoms. The van der Waals surface area contributed by atoms with Crippen molar-refractivity contribution in [3.05, 3.63) is 113 Å². The van der Waals surface area contributed by atoms with Gasteiger partial charge in [-0.1, -0.05) is 84.9 Å². The summed E-state index contributed by atoms with van der Waals surface area (Å²) < 4.78 is 5.52. The van der Waals surface area contributed by atoms with E-state index < -0.39 is 12.0 Å². The van der Waals surface area contributed by atoms with Crippen LogP contribution in [0.5, 0.6) is 0 Å². The maximum atomic E-state index is 14.0. The lowest BCUT2D eigenvalue weighted by molar-refractivity contribution is -0.148. The van der Waals surface area contributed by atoms with Crippen LogP contribution in [0.25, 0.3) is 6.08 Å². The van der Waals surface area contributed by atoms with E-state index >= 15 is 0 Å². The molecule has 0 amide bonds. The van der Waals surface area contributed by atoms with Gasteiger partial charge >= 0.3 is 5.97 Å². The van der Waals surface area contributed by atoms with Gasteiger partial charge < -0.3 is 9.64 Å². The van der Waals surface area contributed by atoms with Crippen molar-refractivity contribution < 1.29 is 14.3 Å². The van der Waals surface area contributed by atoms with Crippen LogP contribution in [0.1, 0.15) is 45.9 Å². The Hall–Kier alpha value is -3.66. The van der Waals surface area contributed by atoms with Crippen molar-refractivity contribution in [2.24, 2.45) is 5.92 Å². The van der Waals surface area contributed by atoms with Gasteiger partial charge in [-0.15, -0.1) is 0 Å². The van der Waals surface area contributed by atoms with Crippen molar-refractivity contribution in [1.82, 2.24) is 4.90 Å². The van der Waals surface area contributed by atoms with Crippen molar-refractivity contribution in [3.8, 4) is 0 Å². The molecule has 2 aliphatic heterocycles. The van der Waals surface area contributed by atoms with Crippen LogP contribution in [0, 0.1) is 5.92 Å². The molecule has 4 heteroatoms. The molecule has 1 saturated heterocycles. The van der Waals surface area contributed by atoms with E-state index in [1.807, 2.05) is 96.9 Å². The molecule has 5 rings (SSSR count). The number of Topliss-reactive ketones (excluding diaryl/α,β-unsaturated/α-hetero) is 1. The number of carbonyl (C=O) groups excluding carboxylic acids is 2. The number of hydrogen-bond donors (Lipinski definition) is 0. The SMILES string of the molecule is CCOC(=O)C1C(c2ccccc2)C(C(=O)c2ccccc2)C2c3ccccc3C=CN12. The Balaban J connectivity index is 1.72. The molecule has 4 unspecified atom stereocenters. The minimum Gasteiger partial charge on any atom is -0.464 e. The first kappa shape index (κ1) is 20.3. The van der Waals surface area contributed by atoms with Gasteiger partial charge in [0.05, 0.1) is 18.6 Å². The van der Waals surface area contributed by atoms with Crippen molar-refractivity contribution in [2.45, 2.75) is 24.9 Å². The summed E-state index contributed by atoms with van der Waals surface area (Å²) in [7, 11) is 0. The van der Waals surface area contributed by atoms with Crippen molar-refractivity contribution >= 4 is 17.8 Å². The van der Waals surface area contributed by atoms with Gasteiger partial charge in [0.2, 0.25) is 0 Å². The van der Waals surface area contributed by atoms with Crippen molar-refractivity contribution in [1.29, 1.82) is 0 Å². The second-order valence-electron chi connectivity index (χ2n) is 8.23. The maximum absolute atomic E-state index is 14.0. The molecule has 4 atom stereocenters. The van der Waals surface area contributed by atoms with E-state index in [9.17, 15) is 9.59 Å². The third kappa shape index (κ3) is 3.32. The van der Waals surface area contributed by atoms with Crippen LogP contribution in [-0.4, -0.2) is 29.3 Å². The van der Waals surface area contributed by atoms with E-state index in [1.54, 1.807) is 0 Å². The van der Waals surface area contributed by atoms with E-state index in [2.05, 4.69) is 12.1 Å². The summed E-state index contributed by atoms with van der Waals surface area (Å²) >= 11 is 0. The molecule has 3 aromatic carbocycles. The van der Waals surface area contributed by atoms with Crippen molar-refractivity contribution in [3.63, 3.8) is 0 Å². The van der Waals surface area contributed by atoms with Crippen LogP contribution >= 0.6 is 0 Å². The quantitative estimate of drug-likeness (QED) is 0.416. The first-order valence-electron chi connectivity index (χ1n) is 11.1. The average molecular weight is 424 g/mol. The van der Waals surface area contributed by atoms with Crippen LogP contribution in [0.4, 0.5) is 0 Å². The summed E-state index contributed by atoms with van der Waals surface area (Å²) in [4.78, 5) is 29.4. The third-order valence-corrected chi connectivity index (χ3v) is 6.52. The van der Waals surface area contributed by atoms with Crippen LogP contribution in [0.3, 0.4) is 0 Å². The number of rotatable bonds is 5. The molecule has 0 aromatic heterocycles. The smallest absolute Gasteiger partial charge is 0.329 e. The molecule has 0 spiro atoms. The second-order valence-corrected chi connectivity index (χ2v) is 8.23. The number of ketones is 1. The molecule has 4 nitrogen and oxygen atoms in total. The summed E-state index contributed by atoms with van der Waals surface area (Å²) in [6.45, 7) is 2.11. The number of esters is 1. The summed E-state index contributed by atoms with van der Waals surface area (Å²) in [6.07, 6.45) is 3.98. The third-order valence-electron chi connectivity index (χ3n) is 6.52. The standard InChI is InChI=1S/C28H25NO3/c1-2-32-28(31)26-23(20-12-5-3-6-13-20)24(27(30)21-14-7-4-8-15-21)25-22-16-10-9-11-19(22)17-18-29(25)26/h3-18,23-26H,2H2,1H3. The molecule has 3 aromatic rings. The zero-order valence-corrected chi connectivity index (χ0v) is 17.9. The number of nitrogens with zero attached hydrogens (tertiary/aromatic N) is 1. The number of ether oxygens (including phenoxy) is 1. The zero-order chi connectivity index (χ0) is 22.1. The monoisotopic (exact) mass is 423 g/mol. The molecule has 0 aliphatic carbocycles. The average Bonchev–Trinajstić information content (AvgIpc) is 3.20. The fraction of sp³-hybridized carbons (Fsp3) is 0.214. The van der Waals surface area contributed by atoms with Gasteiger partial charge in [0.1, 0.15) is 6.04 Å². The van der Waals surface area contributed by atoms with Crippen LogP contribution in [0.2, 0.25) is 0 Å². The molecule has 0 radical (unpaired) electrons. The van der Waals surface area contributed by atoms with E-state index in [1.165, 1.54) is 0 Å². The lowest BCUT2D eigenvalue weighted by Crippen LogP contribution is -2.38. The van der Waals surface area contributed by atoms with Gasteiger partial charge in [-0.3, -0.25) is 4.79 Å². The first-order chi connectivity index (χ1) is 15.7. The summed E-state index contributed by atoms with van der Waals surface area (Å²) in [5.74, 6) is -1.01. The lowest BCUT2D eigenvalue weighted by Gasteiger charge is -2.33. The summed E-state index contributed by atoms with van der Waals surface area (Å²) in [6, 6.07) is 26.6. The molecule has 0 N–H and O–H groups in total. The van der Waals surface area contributed by atoms with Crippen molar-refractivity contribution in [2.75, 3.05) is 6.61 Å². The predicted molar refractivity (Wildman–Crippen MR) is 124 cm³/mol. The predicted octanol–water partition coefficient (Wildman–Crippen LogP) is 5.24. The lowest BCUT2D eigenvalue weighted by atomic mass is 9.75. The van der Waals surface area contributed by atoms with Gasteiger partial charge in [-0.25, -0.2) is 4.79 Å². The second kappa shape index (κ2) is 8.46. The number of benzene rings is 3. The van der Waals surface area contributed by atoms with Gasteiger partial charge in [0.15, 0.2) is 5.78 Å². The van der Waals surface area contributed by atoms with E-state index in [4.69, 9.17) is 4.74 Å². The minimum atomic E-state index is -0.579. The number of carbonyl (C=O) groups is 2. The van der Waals surface area contributed by atoms with Crippen LogP contribution in [-0.2, 0) is 9.53 Å². The fourth-order valence-electron chi connectivity index (χ4n) is 5.24. The summed E-state index contributed by atoms with van der Waals surface area (Å²) in [5, 5.41) is 0. The Bertz CT molecular complexity index is 1160. The normalized spacial score (nSPS) is 23.3. The van der Waals surface area contributed by atoms with E-state index in [-0.39, 0.29) is 23.7 Å². The minimum absolute atomic E-state index is 0.0476. The van der Waals surface area contributed by atoms with Gasteiger partial charge in [0.25, 0.3) is 0 Å². The van der Waals surface area contributed by atoms with Gasteiger partial charge in [-0.05, 0) is 29.7 Å². The summed E-state index contributed by atoms with van der Waals surface area (Å²) in [5.41, 5.74) is 3.78. The molecule has 160 valence electrons. The molecule has 1 fully saturated rings. The molecule has 2 heterocycles. The first-order valence-corrected chi connectivity index (χ1v) is 11.1. The topological polar surface area (TPSA) is 46.6 Å². The Morgan fingerprint density at radius 2 is 1.53 bits per heavy atom. The Morgan fingerprint density at radius 3 is 2.25 bits per heavy atom. The van der Waals surface area contributed by atoms with Crippen LogP contribution in [0.15, 0.2) is 91.1 Å². The van der Waals surface area contributed by atoms with Gasteiger partial charge in [0, 0.05) is 17.7 Å².